The quantitative estimate of drug-likeness (QED) is 0.441. The molecule has 0 aromatic rings. The zero-order valence-electron chi connectivity index (χ0n) is 11.1. The van der Waals surface area contributed by atoms with E-state index >= 15 is 0 Å². The molecule has 0 bridgehead atoms. The van der Waals surface area contributed by atoms with Gasteiger partial charge in [0.05, 0.1) is 6.10 Å². The summed E-state index contributed by atoms with van der Waals surface area (Å²) in [6.45, 7) is 7.69. The number of nitrogens with zero attached hydrogens (tertiary/aromatic N) is 1. The molecule has 2 fully saturated rings. The Balaban J connectivity index is 1.79. The lowest BCUT2D eigenvalue weighted by molar-refractivity contribution is -0.132. The third-order valence-corrected chi connectivity index (χ3v) is 4.81. The highest BCUT2D eigenvalue weighted by Crippen LogP contribution is 2.30. The van der Waals surface area contributed by atoms with E-state index in [1.54, 1.807) is 0 Å². The van der Waals surface area contributed by atoms with Gasteiger partial charge in [0.2, 0.25) is 0 Å². The van der Waals surface area contributed by atoms with Crippen molar-refractivity contribution in [2.24, 2.45) is 5.84 Å². The van der Waals surface area contributed by atoms with E-state index in [-0.39, 0.29) is 18.1 Å². The number of nitrogens with two attached hydrogens (primary N) is 1. The van der Waals surface area contributed by atoms with Gasteiger partial charge in [-0.15, -0.1) is 0 Å². The molecule has 2 atom stereocenters. The van der Waals surface area contributed by atoms with Crippen molar-refractivity contribution < 1.29 is 9.53 Å². The molecule has 3 N–H and O–H groups in total. The van der Waals surface area contributed by atoms with Crippen LogP contribution in [0.15, 0.2) is 0 Å². The first-order valence-corrected chi connectivity index (χ1v) is 7.51. The molecule has 2 aliphatic rings. The van der Waals surface area contributed by atoms with Gasteiger partial charge in [-0.3, -0.25) is 15.1 Å². The smallest absolute Gasteiger partial charge is 0.263 e. The van der Waals surface area contributed by atoms with Gasteiger partial charge < -0.3 is 4.74 Å². The van der Waals surface area contributed by atoms with Crippen LogP contribution < -0.4 is 11.3 Å². The average Bonchev–Trinajstić information content (AvgIpc) is 2.75. The van der Waals surface area contributed by atoms with Crippen LogP contribution >= 0.6 is 11.8 Å². The molecule has 5 nitrogen and oxygen atoms in total. The van der Waals surface area contributed by atoms with E-state index in [4.69, 9.17) is 10.6 Å². The number of thioether (sulfide) groups is 1. The highest BCUT2D eigenvalue weighted by Gasteiger charge is 2.33. The van der Waals surface area contributed by atoms with Crippen LogP contribution in [0, 0.1) is 0 Å². The highest BCUT2D eigenvalue weighted by molar-refractivity contribution is 8.00. The van der Waals surface area contributed by atoms with Crippen LogP contribution in [0.25, 0.3) is 0 Å². The minimum Gasteiger partial charge on any atom is -0.364 e. The van der Waals surface area contributed by atoms with Gasteiger partial charge >= 0.3 is 0 Å². The standard InChI is InChI=1S/C12H23N3O2S/c1-12(2)8-15(5-6-18-12)7-9-3-4-10(17-9)11(16)14-13/h9-10H,3-8,13H2,1-2H3,(H,14,16). The van der Waals surface area contributed by atoms with Crippen molar-refractivity contribution in [1.82, 2.24) is 10.3 Å². The third kappa shape index (κ3) is 3.60. The molecule has 6 heteroatoms. The summed E-state index contributed by atoms with van der Waals surface area (Å²) in [7, 11) is 0. The van der Waals surface area contributed by atoms with Crippen molar-refractivity contribution in [2.45, 2.75) is 43.6 Å². The van der Waals surface area contributed by atoms with Gasteiger partial charge in [-0.1, -0.05) is 0 Å². The fourth-order valence-electron chi connectivity index (χ4n) is 2.68. The molecule has 0 spiro atoms. The molecular formula is C12H23N3O2S. The lowest BCUT2D eigenvalue weighted by atomic mass is 10.1. The minimum atomic E-state index is -0.354. The second-order valence-corrected chi connectivity index (χ2v) is 7.48. The zero-order valence-corrected chi connectivity index (χ0v) is 12.0. The monoisotopic (exact) mass is 273 g/mol. The van der Waals surface area contributed by atoms with Gasteiger partial charge in [0, 0.05) is 30.1 Å². The molecule has 0 aromatic carbocycles. The van der Waals surface area contributed by atoms with Crippen molar-refractivity contribution in [2.75, 3.05) is 25.4 Å². The number of ether oxygens (including phenoxy) is 1. The SMILES string of the molecule is CC1(C)CN(CC2CCC(C(=O)NN)O2)CCS1. The van der Waals surface area contributed by atoms with Crippen molar-refractivity contribution in [1.29, 1.82) is 0 Å². The van der Waals surface area contributed by atoms with Gasteiger partial charge in [-0.05, 0) is 26.7 Å². The third-order valence-electron chi connectivity index (χ3n) is 3.51. The fourth-order valence-corrected chi connectivity index (χ4v) is 3.86. The summed E-state index contributed by atoms with van der Waals surface area (Å²) in [6.07, 6.45) is 1.54. The van der Waals surface area contributed by atoms with Crippen LogP contribution in [0.5, 0.6) is 0 Å². The molecule has 1 amide bonds. The van der Waals surface area contributed by atoms with Crippen molar-refractivity contribution in [3.8, 4) is 0 Å². The molecule has 0 aromatic heterocycles. The number of carbonyl (C=O) groups is 1. The number of hydrogen-bond acceptors (Lipinski definition) is 5. The topological polar surface area (TPSA) is 67.6 Å². The molecule has 104 valence electrons. The van der Waals surface area contributed by atoms with Crippen LogP contribution in [-0.4, -0.2) is 53.1 Å². The Labute approximate surface area is 113 Å². The normalized spacial score (nSPS) is 32.4. The number of hydrazine groups is 1. The number of hydrogen-bond donors (Lipinski definition) is 2. The van der Waals surface area contributed by atoms with Gasteiger partial charge in [-0.2, -0.15) is 11.8 Å². The van der Waals surface area contributed by atoms with E-state index in [0.717, 1.165) is 32.5 Å². The molecule has 2 unspecified atom stereocenters. The van der Waals surface area contributed by atoms with E-state index in [1.165, 1.54) is 5.75 Å². The molecule has 2 aliphatic heterocycles. The Hall–Kier alpha value is -0.300. The van der Waals surface area contributed by atoms with Gasteiger partial charge in [0.15, 0.2) is 0 Å². The van der Waals surface area contributed by atoms with E-state index in [0.29, 0.717) is 4.75 Å². The van der Waals surface area contributed by atoms with Gasteiger partial charge in [0.1, 0.15) is 6.10 Å². The van der Waals surface area contributed by atoms with Crippen molar-refractivity contribution in [3.05, 3.63) is 0 Å². The molecular weight excluding hydrogens is 250 g/mol. The Morgan fingerprint density at radius 2 is 2.33 bits per heavy atom. The summed E-state index contributed by atoms with van der Waals surface area (Å²) in [4.78, 5) is 13.8. The minimum absolute atomic E-state index is 0.172. The van der Waals surface area contributed by atoms with E-state index in [9.17, 15) is 4.79 Å². The summed E-state index contributed by atoms with van der Waals surface area (Å²) in [5.74, 6) is 6.10. The maximum atomic E-state index is 11.4. The number of carbonyl (C=O) groups excluding carboxylic acids is 1. The van der Waals surface area contributed by atoms with Gasteiger partial charge in [-0.25, -0.2) is 5.84 Å². The fraction of sp³-hybridized carbons (Fsp3) is 0.917. The van der Waals surface area contributed by atoms with E-state index in [2.05, 4.69) is 24.2 Å². The van der Waals surface area contributed by atoms with Crippen LogP contribution in [0.4, 0.5) is 0 Å². The summed E-state index contributed by atoms with van der Waals surface area (Å²) in [5, 5.41) is 0. The first-order chi connectivity index (χ1) is 8.50. The predicted octanol–water partition coefficient (Wildman–Crippen LogP) is 0.351. The number of nitrogens with one attached hydrogen (secondary N) is 1. The maximum absolute atomic E-state index is 11.4. The second-order valence-electron chi connectivity index (χ2n) is 5.68. The number of amides is 1. The first-order valence-electron chi connectivity index (χ1n) is 6.52. The summed E-state index contributed by atoms with van der Waals surface area (Å²) >= 11 is 2.03. The molecule has 2 rings (SSSR count). The molecule has 2 saturated heterocycles. The summed E-state index contributed by atoms with van der Waals surface area (Å²) in [6, 6.07) is 0. The average molecular weight is 273 g/mol. The lowest BCUT2D eigenvalue weighted by Crippen LogP contribution is -2.46. The predicted molar refractivity (Wildman–Crippen MR) is 73.2 cm³/mol. The molecule has 0 radical (unpaired) electrons. The number of rotatable bonds is 3. The first kappa shape index (κ1) is 14.1. The van der Waals surface area contributed by atoms with E-state index in [1.807, 2.05) is 11.8 Å². The zero-order chi connectivity index (χ0) is 13.2. The summed E-state index contributed by atoms with van der Waals surface area (Å²) < 4.78 is 6.07. The molecule has 18 heavy (non-hydrogen) atoms. The largest absolute Gasteiger partial charge is 0.364 e. The van der Waals surface area contributed by atoms with E-state index < -0.39 is 0 Å². The second kappa shape index (κ2) is 5.77. The Kier molecular flexibility index (Phi) is 4.53. The molecule has 0 saturated carbocycles. The van der Waals surface area contributed by atoms with Crippen LogP contribution in [0.2, 0.25) is 0 Å². The maximum Gasteiger partial charge on any atom is 0.263 e. The molecule has 2 heterocycles. The van der Waals surface area contributed by atoms with Gasteiger partial charge in [0.25, 0.3) is 5.91 Å². The van der Waals surface area contributed by atoms with Crippen molar-refractivity contribution >= 4 is 17.7 Å². The Bertz CT molecular complexity index is 312. The highest BCUT2D eigenvalue weighted by atomic mass is 32.2. The van der Waals surface area contributed by atoms with Crippen LogP contribution in [-0.2, 0) is 9.53 Å². The van der Waals surface area contributed by atoms with Crippen LogP contribution in [0.3, 0.4) is 0 Å². The lowest BCUT2D eigenvalue weighted by Gasteiger charge is -2.38. The van der Waals surface area contributed by atoms with Crippen LogP contribution in [0.1, 0.15) is 26.7 Å². The summed E-state index contributed by atoms with van der Waals surface area (Å²) in [5.41, 5.74) is 2.16. The molecule has 0 aliphatic carbocycles. The Morgan fingerprint density at radius 3 is 3.00 bits per heavy atom. The Morgan fingerprint density at radius 1 is 1.56 bits per heavy atom. The van der Waals surface area contributed by atoms with Crippen molar-refractivity contribution in [3.63, 3.8) is 0 Å².